The minimum atomic E-state index is -0.449. The third-order valence-electron chi connectivity index (χ3n) is 2.83. The number of para-hydroxylation sites is 1. The smallest absolute Gasteiger partial charge is 0.253 e. The number of nitrogens with zero attached hydrogens (tertiary/aromatic N) is 1. The number of carbonyl (C=O) groups is 2. The molecule has 0 aliphatic carbocycles. The number of nitrogens with one attached hydrogen (secondary N) is 1. The molecule has 2 N–H and O–H groups in total. The summed E-state index contributed by atoms with van der Waals surface area (Å²) in [7, 11) is 1.63. The molecule has 2 amide bonds. The van der Waals surface area contributed by atoms with Crippen LogP contribution in [0, 0.1) is 0 Å². The van der Waals surface area contributed by atoms with E-state index in [1.54, 1.807) is 38.2 Å². The van der Waals surface area contributed by atoms with Crippen LogP contribution in [-0.4, -0.2) is 36.6 Å². The molecule has 0 fully saturated rings. The van der Waals surface area contributed by atoms with Crippen molar-refractivity contribution in [3.05, 3.63) is 29.8 Å². The maximum atomic E-state index is 12.0. The average Bonchev–Trinajstić information content (AvgIpc) is 2.37. The number of amides is 2. The molecule has 0 bridgehead atoms. The molecule has 5 nitrogen and oxygen atoms in total. The van der Waals surface area contributed by atoms with Gasteiger partial charge in [0.1, 0.15) is 0 Å². The number of anilines is 1. The van der Waals surface area contributed by atoms with Crippen molar-refractivity contribution in [3.63, 3.8) is 0 Å². The van der Waals surface area contributed by atoms with Crippen LogP contribution in [0.25, 0.3) is 0 Å². The summed E-state index contributed by atoms with van der Waals surface area (Å²) in [5.41, 5.74) is 1.02. The predicted octanol–water partition coefficient (Wildman–Crippen LogP) is 1.17. The van der Waals surface area contributed by atoms with Gasteiger partial charge in [0, 0.05) is 20.5 Å². The van der Waals surface area contributed by atoms with Crippen LogP contribution in [0.2, 0.25) is 0 Å². The maximum absolute atomic E-state index is 12.0. The van der Waals surface area contributed by atoms with E-state index < -0.39 is 6.10 Å². The van der Waals surface area contributed by atoms with Gasteiger partial charge < -0.3 is 15.3 Å². The van der Waals surface area contributed by atoms with E-state index in [2.05, 4.69) is 5.32 Å². The molecule has 0 spiro atoms. The van der Waals surface area contributed by atoms with Crippen molar-refractivity contribution in [3.8, 4) is 0 Å². The van der Waals surface area contributed by atoms with Gasteiger partial charge in [0.05, 0.1) is 17.4 Å². The predicted molar refractivity (Wildman–Crippen MR) is 74.2 cm³/mol. The molecule has 1 aromatic carbocycles. The highest BCUT2D eigenvalue weighted by Crippen LogP contribution is 2.19. The average molecular weight is 264 g/mol. The van der Waals surface area contributed by atoms with Gasteiger partial charge in [0.2, 0.25) is 5.91 Å². The number of rotatable bonds is 5. The number of hydrogen-bond acceptors (Lipinski definition) is 3. The van der Waals surface area contributed by atoms with E-state index in [0.29, 0.717) is 24.2 Å². The molecular weight excluding hydrogens is 244 g/mol. The second-order valence-electron chi connectivity index (χ2n) is 4.49. The molecule has 1 aromatic rings. The molecular formula is C14H20N2O3. The Morgan fingerprint density at radius 1 is 1.37 bits per heavy atom. The lowest BCUT2D eigenvalue weighted by Crippen LogP contribution is -2.30. The first-order valence-corrected chi connectivity index (χ1v) is 6.23. The SMILES string of the molecule is CC(=O)N(C)c1ccccc1C(=O)NCCC(C)O. The van der Waals surface area contributed by atoms with E-state index in [9.17, 15) is 9.59 Å². The lowest BCUT2D eigenvalue weighted by atomic mass is 10.1. The minimum Gasteiger partial charge on any atom is -0.393 e. The molecule has 5 heteroatoms. The van der Waals surface area contributed by atoms with Gasteiger partial charge in [-0.1, -0.05) is 12.1 Å². The topological polar surface area (TPSA) is 69.6 Å². The fourth-order valence-corrected chi connectivity index (χ4v) is 1.62. The van der Waals surface area contributed by atoms with E-state index in [0.717, 1.165) is 0 Å². The Hall–Kier alpha value is -1.88. The maximum Gasteiger partial charge on any atom is 0.253 e. The Bertz CT molecular complexity index is 458. The van der Waals surface area contributed by atoms with Crippen molar-refractivity contribution in [2.75, 3.05) is 18.5 Å². The Kier molecular flexibility index (Phi) is 5.51. The highest BCUT2D eigenvalue weighted by molar-refractivity contribution is 6.04. The second-order valence-corrected chi connectivity index (χ2v) is 4.49. The van der Waals surface area contributed by atoms with Crippen molar-refractivity contribution < 1.29 is 14.7 Å². The fraction of sp³-hybridized carbons (Fsp3) is 0.429. The van der Waals surface area contributed by atoms with Gasteiger partial charge in [0.15, 0.2) is 0 Å². The van der Waals surface area contributed by atoms with Gasteiger partial charge >= 0.3 is 0 Å². The quantitative estimate of drug-likeness (QED) is 0.838. The molecule has 104 valence electrons. The van der Waals surface area contributed by atoms with E-state index in [-0.39, 0.29) is 11.8 Å². The molecule has 1 rings (SSSR count). The third kappa shape index (κ3) is 4.37. The summed E-state index contributed by atoms with van der Waals surface area (Å²) in [5.74, 6) is -0.381. The summed E-state index contributed by atoms with van der Waals surface area (Å²) in [5, 5.41) is 11.9. The lowest BCUT2D eigenvalue weighted by molar-refractivity contribution is -0.116. The van der Waals surface area contributed by atoms with Crippen molar-refractivity contribution in [1.82, 2.24) is 5.32 Å². The summed E-state index contributed by atoms with van der Waals surface area (Å²) >= 11 is 0. The molecule has 0 aliphatic rings. The van der Waals surface area contributed by atoms with Crippen LogP contribution in [0.15, 0.2) is 24.3 Å². The Balaban J connectivity index is 2.82. The van der Waals surface area contributed by atoms with Gasteiger partial charge in [-0.05, 0) is 25.5 Å². The molecule has 0 saturated heterocycles. The van der Waals surface area contributed by atoms with Gasteiger partial charge in [-0.15, -0.1) is 0 Å². The Labute approximate surface area is 113 Å². The van der Waals surface area contributed by atoms with Crippen molar-refractivity contribution in [2.24, 2.45) is 0 Å². The molecule has 0 radical (unpaired) electrons. The number of carbonyl (C=O) groups excluding carboxylic acids is 2. The summed E-state index contributed by atoms with van der Waals surface area (Å²) in [6, 6.07) is 6.93. The van der Waals surface area contributed by atoms with Gasteiger partial charge in [-0.25, -0.2) is 0 Å². The summed E-state index contributed by atoms with van der Waals surface area (Å²) in [6.07, 6.45) is 0.0478. The summed E-state index contributed by atoms with van der Waals surface area (Å²) in [4.78, 5) is 24.9. The highest BCUT2D eigenvalue weighted by Gasteiger charge is 2.15. The fourth-order valence-electron chi connectivity index (χ4n) is 1.62. The molecule has 0 heterocycles. The summed E-state index contributed by atoms with van der Waals surface area (Å²) < 4.78 is 0. The van der Waals surface area contributed by atoms with Crippen LogP contribution in [0.1, 0.15) is 30.6 Å². The Morgan fingerprint density at radius 2 is 2.00 bits per heavy atom. The van der Waals surface area contributed by atoms with Crippen molar-refractivity contribution >= 4 is 17.5 Å². The van der Waals surface area contributed by atoms with Gasteiger partial charge in [0.25, 0.3) is 5.91 Å². The van der Waals surface area contributed by atoms with Crippen LogP contribution in [-0.2, 0) is 4.79 Å². The van der Waals surface area contributed by atoms with Crippen LogP contribution in [0.3, 0.4) is 0 Å². The molecule has 0 aromatic heterocycles. The first kappa shape index (κ1) is 15.2. The van der Waals surface area contributed by atoms with E-state index in [1.807, 2.05) is 0 Å². The van der Waals surface area contributed by atoms with E-state index in [1.165, 1.54) is 11.8 Å². The largest absolute Gasteiger partial charge is 0.393 e. The normalized spacial score (nSPS) is 11.8. The lowest BCUT2D eigenvalue weighted by Gasteiger charge is -2.18. The molecule has 0 aliphatic heterocycles. The van der Waals surface area contributed by atoms with Crippen molar-refractivity contribution in [1.29, 1.82) is 0 Å². The minimum absolute atomic E-state index is 0.135. The zero-order valence-electron chi connectivity index (χ0n) is 11.5. The van der Waals surface area contributed by atoms with E-state index >= 15 is 0 Å². The zero-order valence-corrected chi connectivity index (χ0v) is 11.5. The molecule has 1 unspecified atom stereocenters. The highest BCUT2D eigenvalue weighted by atomic mass is 16.3. The first-order chi connectivity index (χ1) is 8.93. The van der Waals surface area contributed by atoms with Crippen LogP contribution < -0.4 is 10.2 Å². The second kappa shape index (κ2) is 6.89. The molecule has 19 heavy (non-hydrogen) atoms. The molecule has 1 atom stereocenters. The summed E-state index contributed by atoms with van der Waals surface area (Å²) in [6.45, 7) is 3.51. The first-order valence-electron chi connectivity index (χ1n) is 6.23. The molecule has 0 saturated carbocycles. The van der Waals surface area contributed by atoms with Gasteiger partial charge in [-0.2, -0.15) is 0 Å². The standard InChI is InChI=1S/C14H20N2O3/c1-10(17)8-9-15-14(19)12-6-4-5-7-13(12)16(3)11(2)18/h4-7,10,17H,8-9H2,1-3H3,(H,15,19). The number of aliphatic hydroxyl groups excluding tert-OH is 1. The number of aliphatic hydroxyl groups is 1. The number of benzene rings is 1. The van der Waals surface area contributed by atoms with Gasteiger partial charge in [-0.3, -0.25) is 9.59 Å². The third-order valence-corrected chi connectivity index (χ3v) is 2.83. The van der Waals surface area contributed by atoms with Crippen LogP contribution in [0.4, 0.5) is 5.69 Å². The van der Waals surface area contributed by atoms with E-state index in [4.69, 9.17) is 5.11 Å². The van der Waals surface area contributed by atoms with Crippen molar-refractivity contribution in [2.45, 2.75) is 26.4 Å². The number of hydrogen-bond donors (Lipinski definition) is 2. The van der Waals surface area contributed by atoms with Crippen LogP contribution >= 0.6 is 0 Å². The monoisotopic (exact) mass is 264 g/mol. The Morgan fingerprint density at radius 3 is 2.58 bits per heavy atom. The zero-order chi connectivity index (χ0) is 14.4. The van der Waals surface area contributed by atoms with Crippen LogP contribution in [0.5, 0.6) is 0 Å².